The topological polar surface area (TPSA) is 49.6 Å². The number of rotatable bonds is 3. The molecule has 3 rings (SSSR count). The molecule has 0 bridgehead atoms. The van der Waals surface area contributed by atoms with Gasteiger partial charge in [-0.15, -0.1) is 0 Å². The second-order valence-corrected chi connectivity index (χ2v) is 6.27. The van der Waals surface area contributed by atoms with E-state index in [0.29, 0.717) is 18.4 Å². The van der Waals surface area contributed by atoms with Crippen molar-refractivity contribution in [2.24, 2.45) is 0 Å². The molecule has 4 heteroatoms. The van der Waals surface area contributed by atoms with Crippen LogP contribution >= 0.6 is 0 Å². The summed E-state index contributed by atoms with van der Waals surface area (Å²) in [6, 6.07) is 8.45. The van der Waals surface area contributed by atoms with E-state index in [1.165, 1.54) is 19.4 Å². The van der Waals surface area contributed by atoms with E-state index in [9.17, 15) is 4.79 Å². The Morgan fingerprint density at radius 1 is 1.24 bits per heavy atom. The van der Waals surface area contributed by atoms with Crippen molar-refractivity contribution >= 4 is 11.6 Å². The van der Waals surface area contributed by atoms with Gasteiger partial charge in [-0.2, -0.15) is 0 Å². The van der Waals surface area contributed by atoms with E-state index < -0.39 is 0 Å². The van der Waals surface area contributed by atoms with Crippen molar-refractivity contribution in [3.63, 3.8) is 0 Å². The summed E-state index contributed by atoms with van der Waals surface area (Å²) in [6.07, 6.45) is 5.03. The number of hydrogen-bond acceptors (Lipinski definition) is 3. The SMILES string of the molecule is Nc1cccc(CCC(=O)N2CCCN3CCCC3C2)c1. The Morgan fingerprint density at radius 2 is 2.10 bits per heavy atom. The monoisotopic (exact) mass is 287 g/mol. The number of amides is 1. The highest BCUT2D eigenvalue weighted by molar-refractivity contribution is 5.76. The number of nitrogens with two attached hydrogens (primary N) is 1. The number of aryl methyl sites for hydroxylation is 1. The number of anilines is 1. The number of carbonyl (C=O) groups is 1. The first-order valence-corrected chi connectivity index (χ1v) is 8.08. The molecule has 0 spiro atoms. The predicted molar refractivity (Wildman–Crippen MR) is 85.0 cm³/mol. The molecule has 1 aromatic carbocycles. The first kappa shape index (κ1) is 14.4. The predicted octanol–water partition coefficient (Wildman–Crippen LogP) is 1.90. The Balaban J connectivity index is 1.55. The molecule has 1 amide bonds. The van der Waals surface area contributed by atoms with E-state index in [2.05, 4.69) is 9.80 Å². The van der Waals surface area contributed by atoms with Gasteiger partial charge in [0, 0.05) is 37.8 Å². The highest BCUT2D eigenvalue weighted by Crippen LogP contribution is 2.22. The van der Waals surface area contributed by atoms with Crippen LogP contribution in [0.4, 0.5) is 5.69 Å². The van der Waals surface area contributed by atoms with Gasteiger partial charge in [0.05, 0.1) is 0 Å². The molecule has 0 saturated carbocycles. The van der Waals surface area contributed by atoms with Gasteiger partial charge < -0.3 is 10.6 Å². The van der Waals surface area contributed by atoms with Crippen molar-refractivity contribution in [3.8, 4) is 0 Å². The fraction of sp³-hybridized carbons (Fsp3) is 0.588. The van der Waals surface area contributed by atoms with Gasteiger partial charge >= 0.3 is 0 Å². The minimum Gasteiger partial charge on any atom is -0.399 e. The average molecular weight is 287 g/mol. The van der Waals surface area contributed by atoms with Crippen molar-refractivity contribution in [2.45, 2.75) is 38.1 Å². The zero-order chi connectivity index (χ0) is 14.7. The zero-order valence-corrected chi connectivity index (χ0v) is 12.6. The van der Waals surface area contributed by atoms with Gasteiger partial charge in [0.2, 0.25) is 5.91 Å². The molecule has 2 aliphatic rings. The third kappa shape index (κ3) is 3.56. The van der Waals surface area contributed by atoms with E-state index in [0.717, 1.165) is 43.7 Å². The van der Waals surface area contributed by atoms with Crippen LogP contribution in [0.3, 0.4) is 0 Å². The number of benzene rings is 1. The molecule has 1 atom stereocenters. The third-order valence-electron chi connectivity index (χ3n) is 4.73. The van der Waals surface area contributed by atoms with Gasteiger partial charge in [0.25, 0.3) is 0 Å². The Bertz CT molecular complexity index is 503. The van der Waals surface area contributed by atoms with Crippen LogP contribution in [0.15, 0.2) is 24.3 Å². The molecule has 2 N–H and O–H groups in total. The highest BCUT2D eigenvalue weighted by Gasteiger charge is 2.30. The van der Waals surface area contributed by atoms with E-state index in [1.807, 2.05) is 24.3 Å². The Morgan fingerprint density at radius 3 is 2.95 bits per heavy atom. The molecule has 0 aliphatic carbocycles. The molecule has 21 heavy (non-hydrogen) atoms. The fourth-order valence-corrected chi connectivity index (χ4v) is 3.59. The Hall–Kier alpha value is -1.55. The summed E-state index contributed by atoms with van der Waals surface area (Å²) in [4.78, 5) is 17.1. The lowest BCUT2D eigenvalue weighted by atomic mass is 10.1. The smallest absolute Gasteiger partial charge is 0.222 e. The molecule has 2 aliphatic heterocycles. The van der Waals surface area contributed by atoms with Crippen molar-refractivity contribution in [1.29, 1.82) is 0 Å². The molecule has 114 valence electrons. The number of hydrogen-bond donors (Lipinski definition) is 1. The Kier molecular flexibility index (Phi) is 4.44. The largest absolute Gasteiger partial charge is 0.399 e. The van der Waals surface area contributed by atoms with Crippen LogP contribution in [-0.2, 0) is 11.2 Å². The summed E-state index contributed by atoms with van der Waals surface area (Å²) in [6.45, 7) is 4.22. The average Bonchev–Trinajstić information content (AvgIpc) is 2.82. The number of nitrogens with zero attached hydrogens (tertiary/aromatic N) is 2. The summed E-state index contributed by atoms with van der Waals surface area (Å²) < 4.78 is 0. The van der Waals surface area contributed by atoms with E-state index in [-0.39, 0.29) is 0 Å². The molecule has 2 saturated heterocycles. The molecule has 1 aromatic rings. The lowest BCUT2D eigenvalue weighted by Crippen LogP contribution is -2.39. The molecule has 0 radical (unpaired) electrons. The molecule has 2 fully saturated rings. The van der Waals surface area contributed by atoms with E-state index >= 15 is 0 Å². The third-order valence-corrected chi connectivity index (χ3v) is 4.73. The molecular weight excluding hydrogens is 262 g/mol. The standard InChI is InChI=1S/C17H25N3O/c18-15-5-1-4-14(12-15)7-8-17(21)20-11-3-10-19-9-2-6-16(19)13-20/h1,4-5,12,16H,2-3,6-11,13,18H2. The normalized spacial score (nSPS) is 22.9. The first-order chi connectivity index (χ1) is 10.2. The van der Waals surface area contributed by atoms with Crippen LogP contribution in [0.25, 0.3) is 0 Å². The van der Waals surface area contributed by atoms with Crippen molar-refractivity contribution in [2.75, 3.05) is 31.9 Å². The molecule has 2 heterocycles. The summed E-state index contributed by atoms with van der Waals surface area (Å²) in [5.41, 5.74) is 7.71. The summed E-state index contributed by atoms with van der Waals surface area (Å²) >= 11 is 0. The number of carbonyl (C=O) groups excluding carboxylic acids is 1. The van der Waals surface area contributed by atoms with Crippen LogP contribution in [0.5, 0.6) is 0 Å². The fourth-order valence-electron chi connectivity index (χ4n) is 3.59. The van der Waals surface area contributed by atoms with E-state index in [1.54, 1.807) is 0 Å². The molecule has 1 unspecified atom stereocenters. The minimum absolute atomic E-state index is 0.297. The lowest BCUT2D eigenvalue weighted by Gasteiger charge is -2.25. The zero-order valence-electron chi connectivity index (χ0n) is 12.6. The quantitative estimate of drug-likeness (QED) is 0.864. The number of fused-ring (bicyclic) bond motifs is 1. The van der Waals surface area contributed by atoms with Gasteiger partial charge in [0.1, 0.15) is 0 Å². The van der Waals surface area contributed by atoms with Gasteiger partial charge in [-0.3, -0.25) is 9.69 Å². The van der Waals surface area contributed by atoms with Gasteiger partial charge in [-0.25, -0.2) is 0 Å². The van der Waals surface area contributed by atoms with Gasteiger partial charge in [-0.05, 0) is 49.9 Å². The van der Waals surface area contributed by atoms with Crippen LogP contribution in [0.2, 0.25) is 0 Å². The lowest BCUT2D eigenvalue weighted by molar-refractivity contribution is -0.131. The van der Waals surface area contributed by atoms with Crippen LogP contribution in [0.1, 0.15) is 31.2 Å². The van der Waals surface area contributed by atoms with Crippen LogP contribution in [0, 0.1) is 0 Å². The molecular formula is C17H25N3O. The maximum absolute atomic E-state index is 12.5. The minimum atomic E-state index is 0.297. The van der Waals surface area contributed by atoms with Crippen molar-refractivity contribution in [1.82, 2.24) is 9.80 Å². The maximum Gasteiger partial charge on any atom is 0.222 e. The molecule has 4 nitrogen and oxygen atoms in total. The summed E-state index contributed by atoms with van der Waals surface area (Å²) in [7, 11) is 0. The van der Waals surface area contributed by atoms with Crippen LogP contribution < -0.4 is 5.73 Å². The summed E-state index contributed by atoms with van der Waals surface area (Å²) in [5, 5.41) is 0. The Labute approximate surface area is 126 Å². The maximum atomic E-state index is 12.5. The van der Waals surface area contributed by atoms with Crippen LogP contribution in [-0.4, -0.2) is 47.9 Å². The highest BCUT2D eigenvalue weighted by atomic mass is 16.2. The first-order valence-electron chi connectivity index (χ1n) is 8.08. The molecule has 0 aromatic heterocycles. The van der Waals surface area contributed by atoms with Gasteiger partial charge in [0.15, 0.2) is 0 Å². The van der Waals surface area contributed by atoms with Gasteiger partial charge in [-0.1, -0.05) is 12.1 Å². The van der Waals surface area contributed by atoms with Crippen molar-refractivity contribution in [3.05, 3.63) is 29.8 Å². The second-order valence-electron chi connectivity index (χ2n) is 6.27. The second kappa shape index (κ2) is 6.48. The van der Waals surface area contributed by atoms with Crippen molar-refractivity contribution < 1.29 is 4.79 Å². The van der Waals surface area contributed by atoms with E-state index in [4.69, 9.17) is 5.73 Å². The summed E-state index contributed by atoms with van der Waals surface area (Å²) in [5.74, 6) is 0.297. The number of nitrogen functional groups attached to an aromatic ring is 1.